The SMILES string of the molecule is O=C(COc1ccccc1Cl)NCCc1ccc2c(c1)OCO2. The number of hydrogen-bond donors (Lipinski definition) is 1. The topological polar surface area (TPSA) is 56.8 Å². The number of nitrogens with one attached hydrogen (secondary N) is 1. The van der Waals surface area contributed by atoms with E-state index >= 15 is 0 Å². The first kappa shape index (κ1) is 15.5. The second kappa shape index (κ2) is 7.24. The highest BCUT2D eigenvalue weighted by Gasteiger charge is 2.13. The molecule has 3 rings (SSSR count). The van der Waals surface area contributed by atoms with Crippen molar-refractivity contribution in [2.45, 2.75) is 6.42 Å². The molecule has 1 amide bonds. The van der Waals surface area contributed by atoms with Gasteiger partial charge in [-0.15, -0.1) is 0 Å². The van der Waals surface area contributed by atoms with Crippen LogP contribution in [0, 0.1) is 0 Å². The molecule has 2 aromatic rings. The zero-order chi connectivity index (χ0) is 16.1. The fourth-order valence-corrected chi connectivity index (χ4v) is 2.39. The zero-order valence-corrected chi connectivity index (χ0v) is 13.1. The molecule has 120 valence electrons. The minimum atomic E-state index is -0.189. The van der Waals surface area contributed by atoms with E-state index in [1.165, 1.54) is 0 Å². The molecule has 0 bridgehead atoms. The summed E-state index contributed by atoms with van der Waals surface area (Å²) >= 11 is 5.96. The normalized spacial score (nSPS) is 12.0. The van der Waals surface area contributed by atoms with Crippen molar-refractivity contribution in [1.82, 2.24) is 5.32 Å². The van der Waals surface area contributed by atoms with Gasteiger partial charge in [-0.25, -0.2) is 0 Å². The summed E-state index contributed by atoms with van der Waals surface area (Å²) < 4.78 is 16.0. The number of rotatable bonds is 6. The molecule has 5 nitrogen and oxygen atoms in total. The monoisotopic (exact) mass is 333 g/mol. The van der Waals surface area contributed by atoms with Gasteiger partial charge < -0.3 is 19.5 Å². The zero-order valence-electron chi connectivity index (χ0n) is 12.4. The van der Waals surface area contributed by atoms with Crippen molar-refractivity contribution < 1.29 is 19.0 Å². The minimum absolute atomic E-state index is 0.0646. The Hall–Kier alpha value is -2.40. The number of fused-ring (bicyclic) bond motifs is 1. The van der Waals surface area contributed by atoms with E-state index in [2.05, 4.69) is 5.32 Å². The van der Waals surface area contributed by atoms with Crippen molar-refractivity contribution in [3.8, 4) is 17.2 Å². The van der Waals surface area contributed by atoms with E-state index < -0.39 is 0 Å². The van der Waals surface area contributed by atoms with Crippen molar-refractivity contribution in [2.75, 3.05) is 19.9 Å². The molecule has 0 spiro atoms. The standard InChI is InChI=1S/C17H16ClNO4/c18-13-3-1-2-4-14(13)21-10-17(20)19-8-7-12-5-6-15-16(9-12)23-11-22-15/h1-6,9H,7-8,10-11H2,(H,19,20). The highest BCUT2D eigenvalue weighted by atomic mass is 35.5. The lowest BCUT2D eigenvalue weighted by atomic mass is 10.1. The largest absolute Gasteiger partial charge is 0.482 e. The van der Waals surface area contributed by atoms with E-state index in [0.717, 1.165) is 17.1 Å². The number of halogens is 1. The Labute approximate surface area is 139 Å². The number of hydrogen-bond acceptors (Lipinski definition) is 4. The summed E-state index contributed by atoms with van der Waals surface area (Å²) in [6.07, 6.45) is 0.703. The third-order valence-corrected chi connectivity index (χ3v) is 3.68. The summed E-state index contributed by atoms with van der Waals surface area (Å²) in [5.74, 6) is 1.81. The Kier molecular flexibility index (Phi) is 4.88. The van der Waals surface area contributed by atoms with E-state index in [-0.39, 0.29) is 19.3 Å². The molecule has 6 heteroatoms. The molecule has 0 unspecified atom stereocenters. The molecular weight excluding hydrogens is 318 g/mol. The van der Waals surface area contributed by atoms with Gasteiger partial charge in [0, 0.05) is 6.54 Å². The maximum absolute atomic E-state index is 11.8. The summed E-state index contributed by atoms with van der Waals surface area (Å²) in [4.78, 5) is 11.8. The van der Waals surface area contributed by atoms with Crippen LogP contribution in [0.4, 0.5) is 0 Å². The Balaban J connectivity index is 1.42. The first-order chi connectivity index (χ1) is 11.2. The van der Waals surface area contributed by atoms with Gasteiger partial charge in [-0.3, -0.25) is 4.79 Å². The number of carbonyl (C=O) groups is 1. The summed E-state index contributed by atoms with van der Waals surface area (Å²) in [5.41, 5.74) is 1.07. The minimum Gasteiger partial charge on any atom is -0.482 e. The molecular formula is C17H16ClNO4. The van der Waals surface area contributed by atoms with Gasteiger partial charge in [0.25, 0.3) is 5.91 Å². The molecule has 1 N–H and O–H groups in total. The van der Waals surface area contributed by atoms with Gasteiger partial charge in [0.1, 0.15) is 5.75 Å². The van der Waals surface area contributed by atoms with Crippen LogP contribution in [0.15, 0.2) is 42.5 Å². The Morgan fingerprint density at radius 1 is 1.17 bits per heavy atom. The Bertz CT molecular complexity index is 705. The predicted octanol–water partition coefficient (Wildman–Crippen LogP) is 2.81. The van der Waals surface area contributed by atoms with Gasteiger partial charge in [-0.1, -0.05) is 29.8 Å². The maximum atomic E-state index is 11.8. The number of ether oxygens (including phenoxy) is 3. The number of para-hydroxylation sites is 1. The van der Waals surface area contributed by atoms with Crippen LogP contribution in [0.1, 0.15) is 5.56 Å². The Morgan fingerprint density at radius 3 is 2.87 bits per heavy atom. The fourth-order valence-electron chi connectivity index (χ4n) is 2.20. The van der Waals surface area contributed by atoms with Crippen molar-refractivity contribution >= 4 is 17.5 Å². The summed E-state index contributed by atoms with van der Waals surface area (Å²) in [6, 6.07) is 12.8. The van der Waals surface area contributed by atoms with E-state index in [0.29, 0.717) is 23.7 Å². The molecule has 1 heterocycles. The van der Waals surface area contributed by atoms with E-state index in [1.807, 2.05) is 18.2 Å². The average Bonchev–Trinajstić information content (AvgIpc) is 3.02. The maximum Gasteiger partial charge on any atom is 0.257 e. The van der Waals surface area contributed by atoms with Crippen LogP contribution in [0.5, 0.6) is 17.2 Å². The van der Waals surface area contributed by atoms with Crippen molar-refractivity contribution in [1.29, 1.82) is 0 Å². The molecule has 0 aliphatic carbocycles. The third kappa shape index (κ3) is 4.07. The Morgan fingerprint density at radius 2 is 2.00 bits per heavy atom. The van der Waals surface area contributed by atoms with Crippen molar-refractivity contribution in [3.63, 3.8) is 0 Å². The van der Waals surface area contributed by atoms with Gasteiger partial charge >= 0.3 is 0 Å². The van der Waals surface area contributed by atoms with Gasteiger partial charge in [0.05, 0.1) is 5.02 Å². The summed E-state index contributed by atoms with van der Waals surface area (Å²) in [7, 11) is 0. The van der Waals surface area contributed by atoms with Crippen LogP contribution < -0.4 is 19.5 Å². The number of benzene rings is 2. The first-order valence-corrected chi connectivity index (χ1v) is 7.63. The first-order valence-electron chi connectivity index (χ1n) is 7.25. The fraction of sp³-hybridized carbons (Fsp3) is 0.235. The van der Waals surface area contributed by atoms with Crippen LogP contribution in [-0.4, -0.2) is 25.9 Å². The molecule has 0 atom stereocenters. The second-order valence-corrected chi connectivity index (χ2v) is 5.41. The molecule has 0 saturated carbocycles. The smallest absolute Gasteiger partial charge is 0.257 e. The lowest BCUT2D eigenvalue weighted by molar-refractivity contribution is -0.123. The molecule has 0 saturated heterocycles. The average molecular weight is 334 g/mol. The third-order valence-electron chi connectivity index (χ3n) is 3.37. The van der Waals surface area contributed by atoms with Gasteiger partial charge in [0.2, 0.25) is 6.79 Å². The molecule has 1 aliphatic rings. The quantitative estimate of drug-likeness (QED) is 0.883. The highest BCUT2D eigenvalue weighted by Crippen LogP contribution is 2.32. The van der Waals surface area contributed by atoms with Crippen molar-refractivity contribution in [2.24, 2.45) is 0 Å². The van der Waals surface area contributed by atoms with Crippen LogP contribution in [0.25, 0.3) is 0 Å². The van der Waals surface area contributed by atoms with E-state index in [1.54, 1.807) is 24.3 Å². The highest BCUT2D eigenvalue weighted by molar-refractivity contribution is 6.32. The van der Waals surface area contributed by atoms with Gasteiger partial charge in [-0.05, 0) is 36.2 Å². The van der Waals surface area contributed by atoms with Gasteiger partial charge in [-0.2, -0.15) is 0 Å². The number of carbonyl (C=O) groups excluding carboxylic acids is 1. The molecule has 0 radical (unpaired) electrons. The molecule has 0 aromatic heterocycles. The lowest BCUT2D eigenvalue weighted by Gasteiger charge is -2.09. The second-order valence-electron chi connectivity index (χ2n) is 5.01. The molecule has 0 fully saturated rings. The summed E-state index contributed by atoms with van der Waals surface area (Å²) in [5, 5.41) is 3.30. The van der Waals surface area contributed by atoms with E-state index in [4.69, 9.17) is 25.8 Å². The predicted molar refractivity (Wildman–Crippen MR) is 86.2 cm³/mol. The molecule has 2 aromatic carbocycles. The van der Waals surface area contributed by atoms with Gasteiger partial charge in [0.15, 0.2) is 18.1 Å². The van der Waals surface area contributed by atoms with Crippen LogP contribution in [0.3, 0.4) is 0 Å². The van der Waals surface area contributed by atoms with Crippen LogP contribution in [-0.2, 0) is 11.2 Å². The van der Waals surface area contributed by atoms with Crippen LogP contribution >= 0.6 is 11.6 Å². The lowest BCUT2D eigenvalue weighted by Crippen LogP contribution is -2.30. The van der Waals surface area contributed by atoms with E-state index in [9.17, 15) is 4.79 Å². The number of amides is 1. The van der Waals surface area contributed by atoms with Crippen LogP contribution in [0.2, 0.25) is 5.02 Å². The molecule has 23 heavy (non-hydrogen) atoms. The summed E-state index contributed by atoms with van der Waals surface area (Å²) in [6.45, 7) is 0.712. The van der Waals surface area contributed by atoms with Crippen molar-refractivity contribution in [3.05, 3.63) is 53.1 Å². The molecule has 1 aliphatic heterocycles.